The monoisotopic (exact) mass is 274 g/mol. The van der Waals surface area contributed by atoms with Gasteiger partial charge in [0, 0.05) is 20.2 Å². The molecule has 14 heavy (non-hydrogen) atoms. The Kier molecular flexibility index (Phi) is 4.65. The number of aldehydes is 1. The zero-order chi connectivity index (χ0) is 10.6. The lowest BCUT2D eigenvalue weighted by atomic mass is 10.2. The predicted octanol–water partition coefficient (Wildman–Crippen LogP) is 2.73. The molecule has 0 aromatic heterocycles. The Labute approximate surface area is 95.8 Å². The van der Waals surface area contributed by atoms with E-state index in [4.69, 9.17) is 5.11 Å². The van der Waals surface area contributed by atoms with E-state index in [-0.39, 0.29) is 11.9 Å². The second-order valence-corrected chi connectivity index (χ2v) is 5.28. The van der Waals surface area contributed by atoms with Gasteiger partial charge in [-0.25, -0.2) is 0 Å². The summed E-state index contributed by atoms with van der Waals surface area (Å²) in [5, 5.41) is 9.05. The summed E-state index contributed by atoms with van der Waals surface area (Å²) in [5.41, 5.74) is 0.644. The average molecular weight is 275 g/mol. The highest BCUT2D eigenvalue weighted by Gasteiger charge is 2.05. The first-order valence-corrected chi connectivity index (χ1v) is 5.87. The molecule has 0 saturated carbocycles. The smallest absolute Gasteiger partial charge is 0.151 e. The Balaban J connectivity index is 2.81. The largest absolute Gasteiger partial charge is 0.395 e. The molecule has 4 heteroatoms. The summed E-state index contributed by atoms with van der Waals surface area (Å²) in [4.78, 5) is 11.6. The molecule has 1 unspecified atom stereocenters. The molecule has 0 fully saturated rings. The van der Waals surface area contributed by atoms with Crippen LogP contribution in [-0.4, -0.2) is 23.2 Å². The zero-order valence-electron chi connectivity index (χ0n) is 7.74. The molecule has 0 aliphatic heterocycles. The van der Waals surface area contributed by atoms with E-state index in [0.29, 0.717) is 5.56 Å². The lowest BCUT2D eigenvalue weighted by Gasteiger charge is -2.08. The molecule has 1 atom stereocenters. The highest BCUT2D eigenvalue weighted by atomic mass is 79.9. The summed E-state index contributed by atoms with van der Waals surface area (Å²) >= 11 is 4.89. The first-order valence-electron chi connectivity index (χ1n) is 4.19. The highest BCUT2D eigenvalue weighted by Crippen LogP contribution is 2.27. The van der Waals surface area contributed by atoms with Gasteiger partial charge in [0.25, 0.3) is 0 Å². The van der Waals surface area contributed by atoms with Crippen molar-refractivity contribution in [1.29, 1.82) is 0 Å². The molecule has 0 bridgehead atoms. The molecule has 1 rings (SSSR count). The molecular formula is C10H11BrO2S. The molecular weight excluding hydrogens is 264 g/mol. The van der Waals surface area contributed by atoms with Crippen LogP contribution in [0.2, 0.25) is 0 Å². The predicted molar refractivity (Wildman–Crippen MR) is 61.9 cm³/mol. The summed E-state index contributed by atoms with van der Waals surface area (Å²) in [6, 6.07) is 5.54. The number of halogens is 1. The third-order valence-corrected chi connectivity index (χ3v) is 3.46. The molecule has 0 aliphatic rings. The van der Waals surface area contributed by atoms with Gasteiger partial charge < -0.3 is 5.11 Å². The Bertz CT molecular complexity index is 328. The minimum Gasteiger partial charge on any atom is -0.395 e. The van der Waals surface area contributed by atoms with E-state index in [1.807, 2.05) is 19.1 Å². The van der Waals surface area contributed by atoms with Crippen LogP contribution in [0.15, 0.2) is 27.6 Å². The van der Waals surface area contributed by atoms with E-state index in [1.165, 1.54) is 0 Å². The fraction of sp³-hybridized carbons (Fsp3) is 0.300. The SMILES string of the molecule is CC(CO)Sc1ccc(C=O)c(Br)c1. The average Bonchev–Trinajstić information content (AvgIpc) is 2.18. The van der Waals surface area contributed by atoms with Crippen molar-refractivity contribution in [1.82, 2.24) is 0 Å². The van der Waals surface area contributed by atoms with Crippen molar-refractivity contribution in [3.63, 3.8) is 0 Å². The van der Waals surface area contributed by atoms with Crippen molar-refractivity contribution in [3.8, 4) is 0 Å². The van der Waals surface area contributed by atoms with E-state index < -0.39 is 0 Å². The molecule has 1 N–H and O–H groups in total. The van der Waals surface area contributed by atoms with Crippen LogP contribution >= 0.6 is 27.7 Å². The molecule has 2 nitrogen and oxygen atoms in total. The Morgan fingerprint density at radius 1 is 1.64 bits per heavy atom. The fourth-order valence-corrected chi connectivity index (χ4v) is 2.44. The van der Waals surface area contributed by atoms with Gasteiger partial charge in [0.1, 0.15) is 0 Å². The van der Waals surface area contributed by atoms with Crippen molar-refractivity contribution in [2.45, 2.75) is 17.1 Å². The number of rotatable bonds is 4. The molecule has 0 radical (unpaired) electrons. The summed E-state index contributed by atoms with van der Waals surface area (Å²) in [6.45, 7) is 2.10. The van der Waals surface area contributed by atoms with E-state index >= 15 is 0 Å². The van der Waals surface area contributed by atoms with Crippen molar-refractivity contribution < 1.29 is 9.90 Å². The maximum absolute atomic E-state index is 10.5. The molecule has 1 aromatic rings. The number of benzene rings is 1. The second-order valence-electron chi connectivity index (χ2n) is 2.91. The molecule has 0 saturated heterocycles. The van der Waals surface area contributed by atoms with Crippen LogP contribution in [0.25, 0.3) is 0 Å². The minimum absolute atomic E-state index is 0.151. The van der Waals surface area contributed by atoms with E-state index in [2.05, 4.69) is 15.9 Å². The number of hydrogen-bond acceptors (Lipinski definition) is 3. The topological polar surface area (TPSA) is 37.3 Å². The van der Waals surface area contributed by atoms with Crippen LogP contribution in [0.5, 0.6) is 0 Å². The normalized spacial score (nSPS) is 12.5. The maximum atomic E-state index is 10.5. The number of hydrogen-bond donors (Lipinski definition) is 1. The summed E-state index contributed by atoms with van der Waals surface area (Å²) in [7, 11) is 0. The molecule has 0 heterocycles. The van der Waals surface area contributed by atoms with Crippen molar-refractivity contribution in [2.75, 3.05) is 6.61 Å². The Hall–Kier alpha value is -0.320. The van der Waals surface area contributed by atoms with Crippen LogP contribution < -0.4 is 0 Å². The third kappa shape index (κ3) is 3.12. The Morgan fingerprint density at radius 2 is 2.36 bits per heavy atom. The fourth-order valence-electron chi connectivity index (χ4n) is 0.946. The third-order valence-electron chi connectivity index (χ3n) is 1.69. The first-order chi connectivity index (χ1) is 6.67. The van der Waals surface area contributed by atoms with Crippen molar-refractivity contribution in [3.05, 3.63) is 28.2 Å². The van der Waals surface area contributed by atoms with E-state index in [1.54, 1.807) is 17.8 Å². The molecule has 76 valence electrons. The quantitative estimate of drug-likeness (QED) is 0.678. The Morgan fingerprint density at radius 3 is 2.86 bits per heavy atom. The summed E-state index contributed by atoms with van der Waals surface area (Å²) < 4.78 is 0.794. The number of thioether (sulfide) groups is 1. The van der Waals surface area contributed by atoms with E-state index in [0.717, 1.165) is 15.7 Å². The maximum Gasteiger partial charge on any atom is 0.151 e. The van der Waals surface area contributed by atoms with Gasteiger partial charge in [0.05, 0.1) is 6.61 Å². The standard InChI is InChI=1S/C10H11BrO2S/c1-7(5-12)14-9-3-2-8(6-13)10(11)4-9/h2-4,6-7,12H,5H2,1H3. The summed E-state index contributed by atoms with van der Waals surface area (Å²) in [5.74, 6) is 0. The molecule has 0 aliphatic carbocycles. The van der Waals surface area contributed by atoms with E-state index in [9.17, 15) is 4.79 Å². The van der Waals surface area contributed by atoms with Gasteiger partial charge in [0.2, 0.25) is 0 Å². The number of aliphatic hydroxyl groups excluding tert-OH is 1. The van der Waals surface area contributed by atoms with Crippen LogP contribution in [0.3, 0.4) is 0 Å². The van der Waals surface area contributed by atoms with Crippen molar-refractivity contribution in [2.24, 2.45) is 0 Å². The lowest BCUT2D eigenvalue weighted by Crippen LogP contribution is -2.01. The zero-order valence-corrected chi connectivity index (χ0v) is 10.1. The number of carbonyl (C=O) groups is 1. The van der Waals surface area contributed by atoms with Crippen LogP contribution in [0, 0.1) is 0 Å². The van der Waals surface area contributed by atoms with Gasteiger partial charge >= 0.3 is 0 Å². The van der Waals surface area contributed by atoms with Gasteiger partial charge in [-0.15, -0.1) is 11.8 Å². The van der Waals surface area contributed by atoms with Crippen LogP contribution in [0.4, 0.5) is 0 Å². The first kappa shape index (κ1) is 11.8. The summed E-state index contributed by atoms with van der Waals surface area (Å²) in [6.07, 6.45) is 0.813. The highest BCUT2D eigenvalue weighted by molar-refractivity contribution is 9.10. The van der Waals surface area contributed by atoms with Crippen LogP contribution in [0.1, 0.15) is 17.3 Å². The minimum atomic E-state index is 0.151. The lowest BCUT2D eigenvalue weighted by molar-refractivity contribution is 0.112. The van der Waals surface area contributed by atoms with Gasteiger partial charge in [-0.05, 0) is 18.2 Å². The molecule has 1 aromatic carbocycles. The molecule has 0 spiro atoms. The van der Waals surface area contributed by atoms with Gasteiger partial charge in [-0.2, -0.15) is 0 Å². The second kappa shape index (κ2) is 5.53. The van der Waals surface area contributed by atoms with Crippen LogP contribution in [-0.2, 0) is 0 Å². The number of aliphatic hydroxyl groups is 1. The van der Waals surface area contributed by atoms with Crippen molar-refractivity contribution >= 4 is 34.0 Å². The number of carbonyl (C=O) groups excluding carboxylic acids is 1. The van der Waals surface area contributed by atoms with Gasteiger partial charge in [-0.1, -0.05) is 22.9 Å². The molecule has 0 amide bonds. The van der Waals surface area contributed by atoms with Gasteiger partial charge in [-0.3, -0.25) is 4.79 Å². The van der Waals surface area contributed by atoms with Gasteiger partial charge in [0.15, 0.2) is 6.29 Å².